The van der Waals surface area contributed by atoms with Crippen LogP contribution in [0.2, 0.25) is 0 Å². The average molecular weight is 613 g/mol. The summed E-state index contributed by atoms with van der Waals surface area (Å²) < 4.78 is 5.02. The molecule has 0 aromatic heterocycles. The molecule has 0 saturated carbocycles. The standard InChI is InChI=1S/C27H35Cl2N5O7/c1-4-17-24(37)33-20(13-41-14(3)35)25(38)32-19(15-9-7-6-8-10-15)11-21(36)30-18(5-2)27(40)34-12-16(28)22(29)23(34)26(39)31-17/h6-10,16-20,22-23H,4-5,11-13H2,1-3H3,(H,30,36)(H,31,39)(H,32,38)(H,33,37). The van der Waals surface area contributed by atoms with Crippen LogP contribution in [0, 0.1) is 0 Å². The van der Waals surface area contributed by atoms with Gasteiger partial charge in [0.05, 0.1) is 23.2 Å². The first kappa shape index (κ1) is 32.1. The van der Waals surface area contributed by atoms with E-state index in [9.17, 15) is 28.8 Å². The molecule has 0 aliphatic carbocycles. The number of ether oxygens (including phenoxy) is 1. The Bertz CT molecular complexity index is 1150. The van der Waals surface area contributed by atoms with Crippen molar-refractivity contribution in [2.45, 2.75) is 81.0 Å². The van der Waals surface area contributed by atoms with E-state index in [-0.39, 0.29) is 25.8 Å². The van der Waals surface area contributed by atoms with Crippen LogP contribution in [0.3, 0.4) is 0 Å². The summed E-state index contributed by atoms with van der Waals surface area (Å²) in [6, 6.07) is 3.21. The number of esters is 1. The minimum Gasteiger partial charge on any atom is -0.463 e. The highest BCUT2D eigenvalue weighted by atomic mass is 35.5. The van der Waals surface area contributed by atoms with Crippen LogP contribution in [-0.4, -0.2) is 88.5 Å². The van der Waals surface area contributed by atoms with Gasteiger partial charge in [-0.1, -0.05) is 44.2 Å². The number of carbonyl (C=O) groups excluding carboxylic acids is 6. The highest BCUT2D eigenvalue weighted by molar-refractivity contribution is 6.32. The largest absolute Gasteiger partial charge is 0.463 e. The van der Waals surface area contributed by atoms with Gasteiger partial charge in [0.2, 0.25) is 29.5 Å². The molecule has 0 bridgehead atoms. The molecule has 0 radical (unpaired) electrons. The average Bonchev–Trinajstić information content (AvgIpc) is 3.25. The molecule has 2 heterocycles. The number of halogens is 2. The van der Waals surface area contributed by atoms with E-state index < -0.39 is 83.1 Å². The number of nitrogens with zero attached hydrogens (tertiary/aromatic N) is 1. The molecule has 0 spiro atoms. The van der Waals surface area contributed by atoms with E-state index in [0.717, 1.165) is 6.92 Å². The fourth-order valence-corrected chi connectivity index (χ4v) is 5.35. The summed E-state index contributed by atoms with van der Waals surface area (Å²) in [5, 5.41) is 8.88. The highest BCUT2D eigenvalue weighted by Crippen LogP contribution is 2.29. The molecule has 14 heteroatoms. The monoisotopic (exact) mass is 611 g/mol. The predicted molar refractivity (Wildman–Crippen MR) is 150 cm³/mol. The van der Waals surface area contributed by atoms with E-state index in [0.29, 0.717) is 5.56 Å². The van der Waals surface area contributed by atoms with Crippen LogP contribution in [0.5, 0.6) is 0 Å². The molecule has 7 unspecified atom stereocenters. The van der Waals surface area contributed by atoms with Gasteiger partial charge in [0.15, 0.2) is 0 Å². The lowest BCUT2D eigenvalue weighted by molar-refractivity contribution is -0.145. The first-order valence-corrected chi connectivity index (χ1v) is 14.3. The zero-order valence-corrected chi connectivity index (χ0v) is 24.5. The van der Waals surface area contributed by atoms with Crippen molar-refractivity contribution in [1.82, 2.24) is 26.2 Å². The molecule has 5 amide bonds. The number of benzene rings is 1. The second kappa shape index (κ2) is 14.5. The summed E-state index contributed by atoms with van der Waals surface area (Å²) in [5.41, 5.74) is 0.599. The van der Waals surface area contributed by atoms with Crippen molar-refractivity contribution in [3.63, 3.8) is 0 Å². The fraction of sp³-hybridized carbons (Fsp3) is 0.556. The molecule has 3 rings (SSSR count). The smallest absolute Gasteiger partial charge is 0.302 e. The molecule has 2 aliphatic heterocycles. The Labute approximate surface area is 248 Å². The maximum atomic E-state index is 13.5. The van der Waals surface area contributed by atoms with Crippen LogP contribution < -0.4 is 21.3 Å². The van der Waals surface area contributed by atoms with E-state index in [1.165, 1.54) is 4.90 Å². The lowest BCUT2D eigenvalue weighted by Crippen LogP contribution is -2.60. The molecule has 224 valence electrons. The lowest BCUT2D eigenvalue weighted by atomic mass is 10.0. The van der Waals surface area contributed by atoms with Gasteiger partial charge < -0.3 is 30.9 Å². The van der Waals surface area contributed by atoms with E-state index in [1.54, 1.807) is 44.2 Å². The van der Waals surface area contributed by atoms with Crippen molar-refractivity contribution < 1.29 is 33.5 Å². The van der Waals surface area contributed by atoms with E-state index in [1.807, 2.05) is 0 Å². The van der Waals surface area contributed by atoms with Crippen molar-refractivity contribution in [1.29, 1.82) is 0 Å². The fourth-order valence-electron chi connectivity index (χ4n) is 4.74. The van der Waals surface area contributed by atoms with Gasteiger partial charge in [-0.2, -0.15) is 0 Å². The summed E-state index contributed by atoms with van der Waals surface area (Å²) in [6.45, 7) is 4.00. The Kier molecular flexibility index (Phi) is 11.4. The SMILES string of the molecule is CCC1NC(=O)C2C(Cl)C(Cl)CN2C(=O)C(CC)NC(=O)CC(c2ccccc2)NC(=O)C(COC(C)=O)NC1=O. The zero-order chi connectivity index (χ0) is 30.3. The maximum Gasteiger partial charge on any atom is 0.302 e. The van der Waals surface area contributed by atoms with Gasteiger partial charge in [0, 0.05) is 13.5 Å². The van der Waals surface area contributed by atoms with Crippen LogP contribution in [-0.2, 0) is 33.5 Å². The molecule has 4 N–H and O–H groups in total. The van der Waals surface area contributed by atoms with E-state index in [4.69, 9.17) is 27.9 Å². The van der Waals surface area contributed by atoms with Crippen molar-refractivity contribution >= 4 is 58.7 Å². The van der Waals surface area contributed by atoms with Crippen molar-refractivity contribution in [2.24, 2.45) is 0 Å². The summed E-state index contributed by atoms with van der Waals surface area (Å²) in [5.74, 6) is -3.89. The molecule has 2 aliphatic rings. The Balaban J connectivity index is 2.02. The normalized spacial score (nSPS) is 30.0. The van der Waals surface area contributed by atoms with Crippen LogP contribution >= 0.6 is 23.2 Å². The maximum absolute atomic E-state index is 13.5. The van der Waals surface area contributed by atoms with Gasteiger partial charge in [-0.25, -0.2) is 0 Å². The van der Waals surface area contributed by atoms with Gasteiger partial charge in [-0.05, 0) is 18.4 Å². The third-order valence-electron chi connectivity index (χ3n) is 6.98. The molecule has 12 nitrogen and oxygen atoms in total. The van der Waals surface area contributed by atoms with Crippen molar-refractivity contribution in [3.05, 3.63) is 35.9 Å². The third-order valence-corrected chi connectivity index (χ3v) is 8.06. The van der Waals surface area contributed by atoms with E-state index >= 15 is 0 Å². The quantitative estimate of drug-likeness (QED) is 0.278. The minimum absolute atomic E-state index is 0.0326. The van der Waals surface area contributed by atoms with Crippen LogP contribution in [0.1, 0.15) is 51.6 Å². The molecule has 7 atom stereocenters. The van der Waals surface area contributed by atoms with Crippen LogP contribution in [0.4, 0.5) is 0 Å². The summed E-state index contributed by atoms with van der Waals surface area (Å²) in [4.78, 5) is 79.5. The molecule has 2 fully saturated rings. The van der Waals surface area contributed by atoms with Crippen molar-refractivity contribution in [3.8, 4) is 0 Å². The van der Waals surface area contributed by atoms with Gasteiger partial charge in [-0.3, -0.25) is 28.8 Å². The van der Waals surface area contributed by atoms with E-state index in [2.05, 4.69) is 21.3 Å². The van der Waals surface area contributed by atoms with Gasteiger partial charge in [0.25, 0.3) is 0 Å². The summed E-state index contributed by atoms with van der Waals surface area (Å²) >= 11 is 12.8. The number of hydrogen-bond donors (Lipinski definition) is 4. The van der Waals surface area contributed by atoms with Crippen molar-refractivity contribution in [2.75, 3.05) is 13.2 Å². The van der Waals surface area contributed by atoms with Crippen LogP contribution in [0.25, 0.3) is 0 Å². The molecule has 1 aromatic carbocycles. The minimum atomic E-state index is -1.33. The van der Waals surface area contributed by atoms with Gasteiger partial charge >= 0.3 is 5.97 Å². The Morgan fingerprint density at radius 2 is 1.49 bits per heavy atom. The molecular formula is C27H35Cl2N5O7. The second-order valence-corrected chi connectivity index (χ2v) is 11.0. The van der Waals surface area contributed by atoms with Crippen LogP contribution in [0.15, 0.2) is 30.3 Å². The number of alkyl halides is 2. The Morgan fingerprint density at radius 1 is 0.878 bits per heavy atom. The van der Waals surface area contributed by atoms with Gasteiger partial charge in [0.1, 0.15) is 30.8 Å². The number of fused-ring (bicyclic) bond motifs is 1. The molecule has 2 saturated heterocycles. The highest BCUT2D eigenvalue weighted by Gasteiger charge is 2.48. The zero-order valence-electron chi connectivity index (χ0n) is 23.0. The molecular weight excluding hydrogens is 577 g/mol. The summed E-state index contributed by atoms with van der Waals surface area (Å²) in [6.07, 6.45) is 0.103. The first-order chi connectivity index (χ1) is 19.5. The third kappa shape index (κ3) is 8.10. The lowest BCUT2D eigenvalue weighted by Gasteiger charge is -2.31. The topological polar surface area (TPSA) is 163 Å². The number of nitrogens with one attached hydrogen (secondary N) is 4. The Hall–Kier alpha value is -3.38. The second-order valence-electron chi connectivity index (χ2n) is 9.93. The number of carbonyl (C=O) groups is 6. The molecule has 1 aromatic rings. The number of amides is 5. The Morgan fingerprint density at radius 3 is 2.10 bits per heavy atom. The number of rotatable bonds is 5. The summed E-state index contributed by atoms with van der Waals surface area (Å²) in [7, 11) is 0. The first-order valence-electron chi connectivity index (χ1n) is 13.4. The number of hydrogen-bond acceptors (Lipinski definition) is 7. The van der Waals surface area contributed by atoms with Gasteiger partial charge in [-0.15, -0.1) is 23.2 Å². The predicted octanol–water partition coefficient (Wildman–Crippen LogP) is 0.511. The molecule has 41 heavy (non-hydrogen) atoms.